The van der Waals surface area contributed by atoms with Crippen molar-refractivity contribution in [3.8, 4) is 5.75 Å². The van der Waals surface area contributed by atoms with Gasteiger partial charge in [0.1, 0.15) is 5.75 Å². The summed E-state index contributed by atoms with van der Waals surface area (Å²) in [7, 11) is 3.55. The lowest BCUT2D eigenvalue weighted by Crippen LogP contribution is -2.44. The molecule has 28 heavy (non-hydrogen) atoms. The van der Waals surface area contributed by atoms with E-state index in [1.165, 1.54) is 6.42 Å². The minimum Gasteiger partial charge on any atom is -0.495 e. The highest BCUT2D eigenvalue weighted by Crippen LogP contribution is 2.28. The molecule has 1 aromatic rings. The number of primary amides is 1. The molecule has 0 radical (unpaired) electrons. The van der Waals surface area contributed by atoms with Crippen LogP contribution in [0, 0.1) is 5.92 Å². The van der Waals surface area contributed by atoms with Gasteiger partial charge >= 0.3 is 0 Å². The van der Waals surface area contributed by atoms with Gasteiger partial charge < -0.3 is 20.7 Å². The number of amides is 2. The molecule has 158 valence electrons. The van der Waals surface area contributed by atoms with Crippen LogP contribution in [0.3, 0.4) is 0 Å². The highest BCUT2D eigenvalue weighted by molar-refractivity contribution is 5.96. The van der Waals surface area contributed by atoms with E-state index in [-0.39, 0.29) is 31.3 Å². The second-order valence-corrected chi connectivity index (χ2v) is 7.05. The van der Waals surface area contributed by atoms with E-state index in [4.69, 9.17) is 10.5 Å². The molecule has 0 spiro atoms. The van der Waals surface area contributed by atoms with Gasteiger partial charge in [-0.15, -0.1) is 12.4 Å². The first-order valence-electron chi connectivity index (χ1n) is 9.63. The number of benzene rings is 1. The monoisotopic (exact) mass is 412 g/mol. The number of nitrogens with two attached hydrogens (primary N) is 1. The molecule has 2 rings (SSSR count). The Kier molecular flexibility index (Phi) is 10.9. The number of ether oxygens (including phenoxy) is 1. The van der Waals surface area contributed by atoms with Crippen LogP contribution in [0.5, 0.6) is 5.75 Å². The summed E-state index contributed by atoms with van der Waals surface area (Å²) in [6.07, 6.45) is 3.54. The highest BCUT2D eigenvalue weighted by atomic mass is 35.5. The van der Waals surface area contributed by atoms with Crippen molar-refractivity contribution in [1.82, 2.24) is 10.2 Å². The first kappa shape index (κ1) is 24.2. The molecule has 1 fully saturated rings. The highest BCUT2D eigenvalue weighted by Gasteiger charge is 2.25. The third kappa shape index (κ3) is 7.30. The predicted molar refractivity (Wildman–Crippen MR) is 114 cm³/mol. The molecular formula is C20H33ClN4O3. The topological polar surface area (TPSA) is 87.9 Å². The van der Waals surface area contributed by atoms with E-state index < -0.39 is 5.91 Å². The van der Waals surface area contributed by atoms with Crippen LogP contribution in [0.25, 0.3) is 0 Å². The van der Waals surface area contributed by atoms with Gasteiger partial charge in [-0.05, 0) is 64.0 Å². The molecular weight excluding hydrogens is 380 g/mol. The lowest BCUT2D eigenvalue weighted by atomic mass is 9.93. The Labute approximate surface area is 174 Å². The normalized spacial score (nSPS) is 14.9. The van der Waals surface area contributed by atoms with Crippen molar-refractivity contribution in [3.63, 3.8) is 0 Å². The minimum atomic E-state index is -0.423. The SMILES string of the molecule is CNCCC1CCN(CC(=O)N(CCC(N)=O)c2ccccc2OC)CC1.Cl. The summed E-state index contributed by atoms with van der Waals surface area (Å²) in [6.45, 7) is 3.49. The average molecular weight is 413 g/mol. The smallest absolute Gasteiger partial charge is 0.241 e. The van der Waals surface area contributed by atoms with E-state index in [2.05, 4.69) is 10.2 Å². The van der Waals surface area contributed by atoms with Crippen molar-refractivity contribution in [2.24, 2.45) is 11.7 Å². The van der Waals surface area contributed by atoms with Crippen molar-refractivity contribution >= 4 is 29.9 Å². The maximum absolute atomic E-state index is 13.0. The third-order valence-corrected chi connectivity index (χ3v) is 5.13. The number of rotatable bonds is 10. The molecule has 1 aliphatic heterocycles. The van der Waals surface area contributed by atoms with Crippen molar-refractivity contribution < 1.29 is 14.3 Å². The number of hydrogen-bond acceptors (Lipinski definition) is 5. The number of carbonyl (C=O) groups is 2. The molecule has 1 heterocycles. The van der Waals surface area contributed by atoms with Gasteiger partial charge in [0, 0.05) is 13.0 Å². The first-order valence-corrected chi connectivity index (χ1v) is 9.63. The van der Waals surface area contributed by atoms with E-state index >= 15 is 0 Å². The first-order chi connectivity index (χ1) is 13.0. The second kappa shape index (κ2) is 12.6. The summed E-state index contributed by atoms with van der Waals surface area (Å²) in [5.74, 6) is 0.882. The average Bonchev–Trinajstić information content (AvgIpc) is 2.67. The number of likely N-dealkylation sites (tertiary alicyclic amines) is 1. The van der Waals surface area contributed by atoms with E-state index in [1.54, 1.807) is 12.0 Å². The zero-order valence-corrected chi connectivity index (χ0v) is 17.7. The van der Waals surface area contributed by atoms with E-state index in [0.29, 0.717) is 18.0 Å². The lowest BCUT2D eigenvalue weighted by molar-refractivity contribution is -0.120. The van der Waals surface area contributed by atoms with Gasteiger partial charge in [-0.2, -0.15) is 0 Å². The van der Waals surface area contributed by atoms with Crippen LogP contribution in [0.15, 0.2) is 24.3 Å². The minimum absolute atomic E-state index is 0. The van der Waals surface area contributed by atoms with Gasteiger partial charge in [-0.1, -0.05) is 12.1 Å². The maximum atomic E-state index is 13.0. The predicted octanol–water partition coefficient (Wildman–Crippen LogP) is 1.65. The van der Waals surface area contributed by atoms with Gasteiger partial charge in [-0.3, -0.25) is 14.5 Å². The van der Waals surface area contributed by atoms with Crippen molar-refractivity contribution in [2.45, 2.75) is 25.7 Å². The number of carbonyl (C=O) groups excluding carboxylic acids is 2. The third-order valence-electron chi connectivity index (χ3n) is 5.13. The standard InChI is InChI=1S/C20H32N4O3.ClH/c1-22-11-7-16-8-12-23(13-9-16)15-20(26)24(14-10-19(21)25)17-5-3-4-6-18(17)27-2;/h3-6,16,22H,7-15H2,1-2H3,(H2,21,25);1H. The molecule has 8 heteroatoms. The van der Waals surface area contributed by atoms with Gasteiger partial charge in [0.15, 0.2) is 0 Å². The maximum Gasteiger partial charge on any atom is 0.241 e. The second-order valence-electron chi connectivity index (χ2n) is 7.05. The molecule has 7 nitrogen and oxygen atoms in total. The number of methoxy groups -OCH3 is 1. The Balaban J connectivity index is 0.00000392. The van der Waals surface area contributed by atoms with E-state index in [9.17, 15) is 9.59 Å². The number of piperidine rings is 1. The van der Waals surface area contributed by atoms with Crippen LogP contribution in [0.1, 0.15) is 25.7 Å². The van der Waals surface area contributed by atoms with Gasteiger partial charge in [0.05, 0.1) is 19.3 Å². The van der Waals surface area contributed by atoms with Crippen molar-refractivity contribution in [1.29, 1.82) is 0 Å². The molecule has 2 amide bonds. The van der Waals surface area contributed by atoms with Crippen molar-refractivity contribution in [2.75, 3.05) is 51.8 Å². The number of nitrogens with one attached hydrogen (secondary N) is 1. The Morgan fingerprint density at radius 2 is 1.96 bits per heavy atom. The Hall–Kier alpha value is -1.83. The molecule has 0 atom stereocenters. The summed E-state index contributed by atoms with van der Waals surface area (Å²) >= 11 is 0. The summed E-state index contributed by atoms with van der Waals surface area (Å²) in [4.78, 5) is 28.1. The van der Waals surface area contributed by atoms with Crippen molar-refractivity contribution in [3.05, 3.63) is 24.3 Å². The number of para-hydroxylation sites is 2. The van der Waals surface area contributed by atoms with Crippen LogP contribution in [-0.4, -0.2) is 63.6 Å². The van der Waals surface area contributed by atoms with E-state index in [1.807, 2.05) is 31.3 Å². The Morgan fingerprint density at radius 3 is 2.57 bits per heavy atom. The van der Waals surface area contributed by atoms with Gasteiger partial charge in [-0.25, -0.2) is 0 Å². The molecule has 0 bridgehead atoms. The van der Waals surface area contributed by atoms with Crippen LogP contribution < -0.4 is 20.7 Å². The summed E-state index contributed by atoms with van der Waals surface area (Å²) in [5.41, 5.74) is 5.98. The zero-order chi connectivity index (χ0) is 19.6. The van der Waals surface area contributed by atoms with Crippen LogP contribution in [-0.2, 0) is 9.59 Å². The number of nitrogens with zero attached hydrogens (tertiary/aromatic N) is 2. The Morgan fingerprint density at radius 1 is 1.29 bits per heavy atom. The number of halogens is 1. The van der Waals surface area contributed by atoms with Crippen LogP contribution in [0.4, 0.5) is 5.69 Å². The van der Waals surface area contributed by atoms with Crippen LogP contribution >= 0.6 is 12.4 Å². The molecule has 1 aliphatic rings. The fourth-order valence-electron chi connectivity index (χ4n) is 3.51. The molecule has 0 unspecified atom stereocenters. The quantitative estimate of drug-likeness (QED) is 0.610. The van der Waals surface area contributed by atoms with Gasteiger partial charge in [0.2, 0.25) is 11.8 Å². The lowest BCUT2D eigenvalue weighted by Gasteiger charge is -2.33. The molecule has 0 aliphatic carbocycles. The summed E-state index contributed by atoms with van der Waals surface area (Å²) in [6, 6.07) is 7.36. The Bertz CT molecular complexity index is 621. The zero-order valence-electron chi connectivity index (χ0n) is 16.9. The largest absolute Gasteiger partial charge is 0.495 e. The summed E-state index contributed by atoms with van der Waals surface area (Å²) in [5, 5.41) is 3.20. The van der Waals surface area contributed by atoms with Gasteiger partial charge in [0.25, 0.3) is 0 Å². The molecule has 1 aromatic carbocycles. The summed E-state index contributed by atoms with van der Waals surface area (Å²) < 4.78 is 5.40. The fraction of sp³-hybridized carbons (Fsp3) is 0.600. The van der Waals surface area contributed by atoms with Crippen LogP contribution in [0.2, 0.25) is 0 Å². The number of anilines is 1. The molecule has 0 saturated carbocycles. The molecule has 0 aromatic heterocycles. The van der Waals surface area contributed by atoms with E-state index in [0.717, 1.165) is 38.4 Å². The fourth-order valence-corrected chi connectivity index (χ4v) is 3.51. The molecule has 3 N–H and O–H groups in total. The molecule has 1 saturated heterocycles. The number of hydrogen-bond donors (Lipinski definition) is 2.